The number of piperazine rings is 1. The van der Waals surface area contributed by atoms with Crippen LogP contribution in [0.5, 0.6) is 0 Å². The van der Waals surface area contributed by atoms with Gasteiger partial charge in [-0.25, -0.2) is 0 Å². The van der Waals surface area contributed by atoms with Crippen molar-refractivity contribution in [1.82, 2.24) is 5.01 Å². The fraction of sp³-hybridized carbons (Fsp3) is 0.294. The van der Waals surface area contributed by atoms with Gasteiger partial charge in [0, 0.05) is 18.8 Å². The largest absolute Gasteiger partial charge is 0.368 e. The maximum atomic E-state index is 4.34. The molecule has 0 saturated carbocycles. The van der Waals surface area contributed by atoms with Gasteiger partial charge in [0.05, 0.1) is 18.8 Å². The molecule has 0 unspecified atom stereocenters. The predicted molar refractivity (Wildman–Crippen MR) is 85.9 cm³/mol. The van der Waals surface area contributed by atoms with Gasteiger partial charge in [0.25, 0.3) is 0 Å². The van der Waals surface area contributed by atoms with E-state index in [1.54, 1.807) is 0 Å². The normalized spacial score (nSPS) is 15.7. The summed E-state index contributed by atoms with van der Waals surface area (Å²) in [7, 11) is 0. The number of aryl methyl sites for hydroxylation is 1. The molecule has 108 valence electrons. The van der Waals surface area contributed by atoms with Crippen molar-refractivity contribution in [2.45, 2.75) is 6.92 Å². The van der Waals surface area contributed by atoms with Crippen molar-refractivity contribution >= 4 is 11.4 Å². The average Bonchev–Trinajstić information content (AvgIpc) is 2.55. The van der Waals surface area contributed by atoms with Crippen molar-refractivity contribution in [2.24, 2.45) is 10.3 Å². The molecule has 0 amide bonds. The van der Waals surface area contributed by atoms with E-state index >= 15 is 0 Å². The van der Waals surface area contributed by atoms with Crippen molar-refractivity contribution in [2.75, 3.05) is 31.1 Å². The Kier molecular flexibility index (Phi) is 4.15. The summed E-state index contributed by atoms with van der Waals surface area (Å²) >= 11 is 0. The van der Waals surface area contributed by atoms with E-state index in [1.807, 2.05) is 35.3 Å². The number of rotatable bonds is 3. The molecule has 4 heteroatoms. The summed E-state index contributed by atoms with van der Waals surface area (Å²) in [5.41, 5.74) is 3.56. The second kappa shape index (κ2) is 6.39. The van der Waals surface area contributed by atoms with Gasteiger partial charge in [-0.15, -0.1) is 5.11 Å². The minimum atomic E-state index is 0.902. The Hall–Kier alpha value is -2.36. The van der Waals surface area contributed by atoms with E-state index in [4.69, 9.17) is 0 Å². The monoisotopic (exact) mass is 280 g/mol. The highest BCUT2D eigenvalue weighted by Gasteiger charge is 2.17. The first-order chi connectivity index (χ1) is 10.3. The lowest BCUT2D eigenvalue weighted by Gasteiger charge is -2.34. The van der Waals surface area contributed by atoms with E-state index in [9.17, 15) is 0 Å². The third kappa shape index (κ3) is 3.40. The van der Waals surface area contributed by atoms with Crippen molar-refractivity contribution in [3.63, 3.8) is 0 Å². The Labute approximate surface area is 125 Å². The molecule has 1 aliphatic heterocycles. The Morgan fingerprint density at radius 1 is 0.810 bits per heavy atom. The first-order valence-electron chi connectivity index (χ1n) is 7.35. The molecule has 0 aliphatic carbocycles. The summed E-state index contributed by atoms with van der Waals surface area (Å²) < 4.78 is 0. The van der Waals surface area contributed by atoms with Crippen LogP contribution in [0, 0.1) is 6.92 Å². The van der Waals surface area contributed by atoms with Crippen molar-refractivity contribution in [1.29, 1.82) is 0 Å². The zero-order valence-electron chi connectivity index (χ0n) is 12.3. The SMILES string of the molecule is Cc1ccccc1N1CCN(N=Nc2ccccc2)CC1. The van der Waals surface area contributed by atoms with E-state index in [2.05, 4.69) is 46.4 Å². The van der Waals surface area contributed by atoms with Crippen LogP contribution in [0.1, 0.15) is 5.56 Å². The molecule has 2 aromatic carbocycles. The zero-order chi connectivity index (χ0) is 14.5. The van der Waals surface area contributed by atoms with Crippen molar-refractivity contribution in [3.05, 3.63) is 60.2 Å². The fourth-order valence-corrected chi connectivity index (χ4v) is 2.55. The summed E-state index contributed by atoms with van der Waals surface area (Å²) in [4.78, 5) is 2.42. The van der Waals surface area contributed by atoms with Crippen LogP contribution in [0.4, 0.5) is 11.4 Å². The highest BCUT2D eigenvalue weighted by molar-refractivity contribution is 5.53. The van der Waals surface area contributed by atoms with Crippen molar-refractivity contribution in [3.8, 4) is 0 Å². The van der Waals surface area contributed by atoms with Gasteiger partial charge in [-0.2, -0.15) is 0 Å². The molecular formula is C17H20N4. The second-order valence-corrected chi connectivity index (χ2v) is 5.25. The molecule has 0 radical (unpaired) electrons. The first kappa shape index (κ1) is 13.6. The maximum Gasteiger partial charge on any atom is 0.0874 e. The lowest BCUT2D eigenvalue weighted by molar-refractivity contribution is 0.254. The highest BCUT2D eigenvalue weighted by atomic mass is 15.6. The molecule has 0 aromatic heterocycles. The van der Waals surface area contributed by atoms with Crippen LogP contribution in [0.2, 0.25) is 0 Å². The summed E-state index contributed by atoms with van der Waals surface area (Å²) in [5.74, 6) is 0. The van der Waals surface area contributed by atoms with Crippen LogP contribution in [-0.2, 0) is 0 Å². The van der Waals surface area contributed by atoms with E-state index in [-0.39, 0.29) is 0 Å². The summed E-state index contributed by atoms with van der Waals surface area (Å²) in [6, 6.07) is 18.4. The van der Waals surface area contributed by atoms with E-state index in [1.165, 1.54) is 11.3 Å². The minimum Gasteiger partial charge on any atom is -0.368 e. The maximum absolute atomic E-state index is 4.34. The Bertz CT molecular complexity index is 601. The van der Waals surface area contributed by atoms with E-state index in [0.717, 1.165) is 31.9 Å². The summed E-state index contributed by atoms with van der Waals surface area (Å²) in [5, 5.41) is 10.7. The third-order valence-electron chi connectivity index (χ3n) is 3.76. The molecule has 1 heterocycles. The quantitative estimate of drug-likeness (QED) is 0.800. The fourth-order valence-electron chi connectivity index (χ4n) is 2.55. The molecule has 0 N–H and O–H groups in total. The second-order valence-electron chi connectivity index (χ2n) is 5.25. The van der Waals surface area contributed by atoms with Crippen LogP contribution >= 0.6 is 0 Å². The Morgan fingerprint density at radius 2 is 1.48 bits per heavy atom. The van der Waals surface area contributed by atoms with Gasteiger partial charge in [-0.1, -0.05) is 41.6 Å². The van der Waals surface area contributed by atoms with Gasteiger partial charge in [0.1, 0.15) is 0 Å². The molecule has 1 aliphatic rings. The van der Waals surface area contributed by atoms with Gasteiger partial charge in [-0.3, -0.25) is 5.01 Å². The number of hydrogen-bond donors (Lipinski definition) is 0. The Morgan fingerprint density at radius 3 is 2.19 bits per heavy atom. The van der Waals surface area contributed by atoms with Gasteiger partial charge >= 0.3 is 0 Å². The minimum absolute atomic E-state index is 0.902. The molecule has 1 saturated heterocycles. The van der Waals surface area contributed by atoms with E-state index in [0.29, 0.717) is 0 Å². The molecule has 1 fully saturated rings. The van der Waals surface area contributed by atoms with Crippen molar-refractivity contribution < 1.29 is 0 Å². The molecule has 0 spiro atoms. The number of hydrogen-bond acceptors (Lipinski definition) is 3. The Balaban J connectivity index is 1.58. The lowest BCUT2D eigenvalue weighted by Crippen LogP contribution is -2.44. The topological polar surface area (TPSA) is 31.2 Å². The smallest absolute Gasteiger partial charge is 0.0874 e. The standard InChI is InChI=1S/C17H20N4/c1-15-7-5-6-10-17(15)20-11-13-21(14-12-20)19-18-16-8-3-2-4-9-16/h2-10H,11-14H2,1H3. The van der Waals surface area contributed by atoms with Crippen LogP contribution in [0.25, 0.3) is 0 Å². The number of benzene rings is 2. The molecular weight excluding hydrogens is 260 g/mol. The third-order valence-corrected chi connectivity index (χ3v) is 3.76. The van der Waals surface area contributed by atoms with E-state index < -0.39 is 0 Å². The van der Waals surface area contributed by atoms with Crippen LogP contribution in [0.3, 0.4) is 0 Å². The molecule has 2 aromatic rings. The molecule has 0 atom stereocenters. The average molecular weight is 280 g/mol. The van der Waals surface area contributed by atoms with Gasteiger partial charge in [0.15, 0.2) is 0 Å². The van der Waals surface area contributed by atoms with Gasteiger partial charge in [0.2, 0.25) is 0 Å². The highest BCUT2D eigenvalue weighted by Crippen LogP contribution is 2.21. The molecule has 3 rings (SSSR count). The summed E-state index contributed by atoms with van der Waals surface area (Å²) in [6.07, 6.45) is 0. The first-order valence-corrected chi connectivity index (χ1v) is 7.35. The van der Waals surface area contributed by atoms with Crippen LogP contribution in [0.15, 0.2) is 64.9 Å². The van der Waals surface area contributed by atoms with Crippen LogP contribution < -0.4 is 4.90 Å². The summed E-state index contributed by atoms with van der Waals surface area (Å²) in [6.45, 7) is 5.95. The van der Waals surface area contributed by atoms with Crippen LogP contribution in [-0.4, -0.2) is 31.2 Å². The predicted octanol–water partition coefficient (Wildman–Crippen LogP) is 3.82. The number of nitrogens with zero attached hydrogens (tertiary/aromatic N) is 4. The zero-order valence-corrected chi connectivity index (χ0v) is 12.3. The number of anilines is 1. The molecule has 21 heavy (non-hydrogen) atoms. The molecule has 4 nitrogen and oxygen atoms in total. The number of para-hydroxylation sites is 1. The molecule has 0 bridgehead atoms. The lowest BCUT2D eigenvalue weighted by atomic mass is 10.1. The van der Waals surface area contributed by atoms with Gasteiger partial charge in [-0.05, 0) is 30.7 Å². The van der Waals surface area contributed by atoms with Gasteiger partial charge < -0.3 is 4.90 Å².